The summed E-state index contributed by atoms with van der Waals surface area (Å²) in [5.74, 6) is -2.69. The zero-order valence-electron chi connectivity index (χ0n) is 16.0. The number of thioether (sulfide) groups is 1. The van der Waals surface area contributed by atoms with Crippen LogP contribution in [0.4, 0.5) is 8.78 Å². The van der Waals surface area contributed by atoms with Gasteiger partial charge in [-0.05, 0) is 48.8 Å². The molecule has 1 aromatic heterocycles. The fraction of sp³-hybridized carbons (Fsp3) is 0.286. The van der Waals surface area contributed by atoms with Gasteiger partial charge in [0.1, 0.15) is 6.16 Å². The quantitative estimate of drug-likeness (QED) is 0.196. The van der Waals surface area contributed by atoms with Crippen LogP contribution in [0, 0.1) is 0 Å². The Balaban J connectivity index is 1.50. The molecule has 0 fully saturated rings. The number of para-hydroxylation sites is 1. The molecule has 30 heavy (non-hydrogen) atoms. The highest BCUT2D eigenvalue weighted by Gasteiger charge is 2.40. The second-order valence-electron chi connectivity index (χ2n) is 6.99. The number of aryl methyl sites for hydroxylation is 1. The Bertz CT molecular complexity index is 1080. The molecule has 0 aliphatic carbocycles. The number of pyridine rings is 1. The first-order chi connectivity index (χ1) is 14.1. The molecule has 2 N–H and O–H groups in total. The SMILES string of the molecule is O=P(O)(O)CC(F)(F)c1ccc(CCCCSc2ccc3ccccc3n2)cc1Br. The Kier molecular flexibility index (Phi) is 7.69. The zero-order valence-corrected chi connectivity index (χ0v) is 19.3. The number of nitrogens with zero attached hydrogens (tertiary/aromatic N) is 1. The fourth-order valence-corrected chi connectivity index (χ4v) is 5.38. The summed E-state index contributed by atoms with van der Waals surface area (Å²) < 4.78 is 39.4. The summed E-state index contributed by atoms with van der Waals surface area (Å²) in [5.41, 5.74) is 1.46. The lowest BCUT2D eigenvalue weighted by atomic mass is 10.0. The van der Waals surface area contributed by atoms with E-state index in [-0.39, 0.29) is 4.47 Å². The van der Waals surface area contributed by atoms with Crippen molar-refractivity contribution >= 4 is 46.2 Å². The number of alkyl halides is 2. The number of benzene rings is 2. The summed E-state index contributed by atoms with van der Waals surface area (Å²) >= 11 is 4.81. The molecule has 3 aromatic rings. The van der Waals surface area contributed by atoms with Gasteiger partial charge in [-0.15, -0.1) is 11.8 Å². The van der Waals surface area contributed by atoms with Crippen LogP contribution in [-0.2, 0) is 16.9 Å². The van der Waals surface area contributed by atoms with Crippen LogP contribution in [0.3, 0.4) is 0 Å². The van der Waals surface area contributed by atoms with Crippen molar-refractivity contribution in [1.29, 1.82) is 0 Å². The van der Waals surface area contributed by atoms with E-state index in [2.05, 4.69) is 27.0 Å². The average molecular weight is 516 g/mol. The third-order valence-electron chi connectivity index (χ3n) is 4.51. The summed E-state index contributed by atoms with van der Waals surface area (Å²) in [6, 6.07) is 16.5. The number of fused-ring (bicyclic) bond motifs is 1. The van der Waals surface area contributed by atoms with E-state index in [4.69, 9.17) is 9.79 Å². The Morgan fingerprint density at radius 3 is 2.57 bits per heavy atom. The van der Waals surface area contributed by atoms with E-state index >= 15 is 0 Å². The fourth-order valence-electron chi connectivity index (χ4n) is 3.09. The molecule has 0 amide bonds. The van der Waals surface area contributed by atoms with Crippen LogP contribution in [-0.4, -0.2) is 26.7 Å². The third kappa shape index (κ3) is 6.59. The number of hydrogen-bond donors (Lipinski definition) is 2. The van der Waals surface area contributed by atoms with Gasteiger partial charge in [0.05, 0.1) is 10.5 Å². The Morgan fingerprint density at radius 1 is 1.07 bits per heavy atom. The lowest BCUT2D eigenvalue weighted by molar-refractivity contribution is 0.0158. The van der Waals surface area contributed by atoms with Crippen molar-refractivity contribution in [3.8, 4) is 0 Å². The summed E-state index contributed by atoms with van der Waals surface area (Å²) in [7, 11) is -4.83. The van der Waals surface area contributed by atoms with Gasteiger partial charge in [0.25, 0.3) is 5.92 Å². The normalized spacial score (nSPS) is 12.4. The first kappa shape index (κ1) is 23.4. The van der Waals surface area contributed by atoms with Crippen LogP contribution in [0.15, 0.2) is 64.1 Å². The minimum atomic E-state index is -4.83. The van der Waals surface area contributed by atoms with E-state index < -0.39 is 25.2 Å². The molecule has 1 heterocycles. The number of halogens is 3. The Labute approximate surface area is 186 Å². The van der Waals surface area contributed by atoms with Gasteiger partial charge in [0, 0.05) is 15.4 Å². The molecule has 3 rings (SSSR count). The van der Waals surface area contributed by atoms with Gasteiger partial charge >= 0.3 is 7.60 Å². The maximum Gasteiger partial charge on any atom is 0.331 e. The lowest BCUT2D eigenvalue weighted by Crippen LogP contribution is -2.19. The van der Waals surface area contributed by atoms with E-state index in [1.54, 1.807) is 23.9 Å². The average Bonchev–Trinajstić information content (AvgIpc) is 2.65. The van der Waals surface area contributed by atoms with Crippen molar-refractivity contribution in [1.82, 2.24) is 4.98 Å². The van der Waals surface area contributed by atoms with E-state index in [0.29, 0.717) is 0 Å². The van der Waals surface area contributed by atoms with Gasteiger partial charge in [-0.3, -0.25) is 4.57 Å². The molecule has 0 spiro atoms. The highest BCUT2D eigenvalue weighted by Crippen LogP contribution is 2.46. The minimum Gasteiger partial charge on any atom is -0.324 e. The van der Waals surface area contributed by atoms with E-state index in [1.807, 2.05) is 30.3 Å². The first-order valence-corrected chi connectivity index (χ1v) is 12.9. The largest absolute Gasteiger partial charge is 0.331 e. The third-order valence-corrected chi connectivity index (χ3v) is 7.00. The molecule has 0 atom stereocenters. The summed E-state index contributed by atoms with van der Waals surface area (Å²) in [6.07, 6.45) is 1.07. The highest BCUT2D eigenvalue weighted by molar-refractivity contribution is 9.10. The molecule has 2 aromatic carbocycles. The van der Waals surface area contributed by atoms with Crippen molar-refractivity contribution in [2.45, 2.75) is 30.2 Å². The van der Waals surface area contributed by atoms with E-state index in [1.165, 1.54) is 6.07 Å². The lowest BCUT2D eigenvalue weighted by Gasteiger charge is -2.19. The molecule has 0 saturated carbocycles. The van der Waals surface area contributed by atoms with Crippen LogP contribution in [0.5, 0.6) is 0 Å². The molecular weight excluding hydrogens is 495 g/mol. The predicted molar refractivity (Wildman–Crippen MR) is 120 cm³/mol. The van der Waals surface area contributed by atoms with Crippen LogP contribution in [0.2, 0.25) is 0 Å². The van der Waals surface area contributed by atoms with Gasteiger partial charge in [-0.2, -0.15) is 0 Å². The maximum atomic E-state index is 14.1. The van der Waals surface area contributed by atoms with Crippen LogP contribution >= 0.6 is 35.3 Å². The molecule has 0 radical (unpaired) electrons. The van der Waals surface area contributed by atoms with Crippen molar-refractivity contribution in [2.24, 2.45) is 0 Å². The number of aromatic nitrogens is 1. The molecule has 4 nitrogen and oxygen atoms in total. The Morgan fingerprint density at radius 2 is 1.83 bits per heavy atom. The van der Waals surface area contributed by atoms with Gasteiger partial charge in [-0.25, -0.2) is 13.8 Å². The zero-order chi connectivity index (χ0) is 21.8. The standard InChI is InChI=1S/C21H21BrF2NO3PS/c22-18-13-15(8-10-17(18)21(23,24)14-29(26,27)28)5-3-4-12-30-20-11-9-16-6-1-2-7-19(16)25-20/h1-2,6-11,13H,3-5,12,14H2,(H2,26,27,28). The Hall–Kier alpha value is -1.31. The van der Waals surface area contributed by atoms with E-state index in [0.717, 1.165) is 46.5 Å². The van der Waals surface area contributed by atoms with Crippen molar-refractivity contribution in [3.63, 3.8) is 0 Å². The van der Waals surface area contributed by atoms with Gasteiger partial charge in [0.2, 0.25) is 0 Å². The summed E-state index contributed by atoms with van der Waals surface area (Å²) in [5, 5.41) is 2.09. The molecule has 0 saturated heterocycles. The van der Waals surface area contributed by atoms with Crippen molar-refractivity contribution in [2.75, 3.05) is 11.9 Å². The van der Waals surface area contributed by atoms with Gasteiger partial charge in [-0.1, -0.05) is 52.3 Å². The van der Waals surface area contributed by atoms with Crippen LogP contribution < -0.4 is 0 Å². The van der Waals surface area contributed by atoms with Gasteiger partial charge < -0.3 is 9.79 Å². The smallest absolute Gasteiger partial charge is 0.324 e. The number of unbranched alkanes of at least 4 members (excludes halogenated alkanes) is 1. The molecule has 0 unspecified atom stereocenters. The van der Waals surface area contributed by atoms with Crippen LogP contribution in [0.25, 0.3) is 10.9 Å². The number of hydrogen-bond acceptors (Lipinski definition) is 3. The monoisotopic (exact) mass is 515 g/mol. The molecule has 0 aliphatic heterocycles. The van der Waals surface area contributed by atoms with Crippen molar-refractivity contribution < 1.29 is 23.1 Å². The summed E-state index contributed by atoms with van der Waals surface area (Å²) in [4.78, 5) is 22.4. The molecular formula is C21H21BrF2NO3PS. The first-order valence-electron chi connectivity index (χ1n) is 9.34. The highest BCUT2D eigenvalue weighted by atomic mass is 79.9. The summed E-state index contributed by atoms with van der Waals surface area (Å²) in [6.45, 7) is 0. The molecule has 0 bridgehead atoms. The van der Waals surface area contributed by atoms with Crippen molar-refractivity contribution in [3.05, 3.63) is 70.2 Å². The second-order valence-corrected chi connectivity index (χ2v) is 10.6. The van der Waals surface area contributed by atoms with Crippen LogP contribution in [0.1, 0.15) is 24.0 Å². The molecule has 0 aliphatic rings. The molecule has 9 heteroatoms. The minimum absolute atomic E-state index is 0.160. The topological polar surface area (TPSA) is 70.4 Å². The number of rotatable bonds is 9. The second kappa shape index (κ2) is 9.88. The molecule has 160 valence electrons. The van der Waals surface area contributed by atoms with Gasteiger partial charge in [0.15, 0.2) is 0 Å². The maximum absolute atomic E-state index is 14.1. The van der Waals surface area contributed by atoms with E-state index in [9.17, 15) is 13.3 Å². The predicted octanol–water partition coefficient (Wildman–Crippen LogP) is 6.38.